The molecule has 0 aromatic heterocycles. The van der Waals surface area contributed by atoms with Crippen LogP contribution in [-0.2, 0) is 32.1 Å². The highest BCUT2D eigenvalue weighted by molar-refractivity contribution is 5.76. The Hall–Kier alpha value is -1.93. The Kier molecular flexibility index (Phi) is 5.45. The molecule has 3 heterocycles. The molecule has 1 aromatic carbocycles. The fraction of sp³-hybridized carbons (Fsp3) is 0.550. The Morgan fingerprint density at radius 2 is 2.33 bits per heavy atom. The maximum absolute atomic E-state index is 11.6. The van der Waals surface area contributed by atoms with Gasteiger partial charge in [0, 0.05) is 31.6 Å². The molecule has 7 nitrogen and oxygen atoms in total. The molecule has 2 saturated heterocycles. The second-order valence-corrected chi connectivity index (χ2v) is 7.10. The van der Waals surface area contributed by atoms with Gasteiger partial charge in [0.2, 0.25) is 0 Å². The van der Waals surface area contributed by atoms with Crippen LogP contribution in [0.15, 0.2) is 30.9 Å². The van der Waals surface area contributed by atoms with Gasteiger partial charge in [0.05, 0.1) is 19.8 Å². The van der Waals surface area contributed by atoms with Crippen molar-refractivity contribution >= 4 is 5.97 Å². The Labute approximate surface area is 159 Å². The van der Waals surface area contributed by atoms with E-state index < -0.39 is 0 Å². The van der Waals surface area contributed by atoms with E-state index in [0.29, 0.717) is 19.6 Å². The number of carbonyl (C=O) groups excluding carboxylic acids is 1. The standard InChI is InChI=1S/C20H26N2O5/c1-3-4-8-25-17-7-5-6-13-11-22(12-15(13)17)18-20(27-18)26-14-9-16(21-10-14)19(23)24-2/h3,5-7,14,16,18,20-21H,1,4,8-12H2,2H3/t14-,16+,18?,20?/m1/s1. The third kappa shape index (κ3) is 4.01. The molecule has 0 spiro atoms. The summed E-state index contributed by atoms with van der Waals surface area (Å²) in [5.74, 6) is 0.698. The summed E-state index contributed by atoms with van der Waals surface area (Å²) in [5, 5.41) is 3.13. The molecule has 146 valence electrons. The fourth-order valence-corrected chi connectivity index (χ4v) is 3.75. The minimum Gasteiger partial charge on any atom is -0.493 e. The van der Waals surface area contributed by atoms with Gasteiger partial charge in [-0.25, -0.2) is 0 Å². The number of fused-ring (bicyclic) bond motifs is 1. The lowest BCUT2D eigenvalue weighted by Gasteiger charge is -2.13. The van der Waals surface area contributed by atoms with Gasteiger partial charge in [-0.05, 0) is 18.1 Å². The highest BCUT2D eigenvalue weighted by Crippen LogP contribution is 2.38. The molecule has 27 heavy (non-hydrogen) atoms. The van der Waals surface area contributed by atoms with Gasteiger partial charge >= 0.3 is 5.97 Å². The highest BCUT2D eigenvalue weighted by atomic mass is 16.8. The molecule has 1 aromatic rings. The number of hydrogen-bond donors (Lipinski definition) is 1. The molecular weight excluding hydrogens is 348 g/mol. The zero-order valence-electron chi connectivity index (χ0n) is 15.6. The van der Waals surface area contributed by atoms with Crippen molar-refractivity contribution < 1.29 is 23.7 Å². The van der Waals surface area contributed by atoms with E-state index in [1.54, 1.807) is 0 Å². The molecule has 4 atom stereocenters. The first-order chi connectivity index (χ1) is 13.2. The summed E-state index contributed by atoms with van der Waals surface area (Å²) in [7, 11) is 1.40. The number of methoxy groups -OCH3 is 1. The molecule has 3 aliphatic heterocycles. The van der Waals surface area contributed by atoms with E-state index >= 15 is 0 Å². The summed E-state index contributed by atoms with van der Waals surface area (Å²) < 4.78 is 22.4. The second kappa shape index (κ2) is 7.98. The van der Waals surface area contributed by atoms with Crippen molar-refractivity contribution in [2.45, 2.75) is 50.6 Å². The second-order valence-electron chi connectivity index (χ2n) is 7.10. The molecule has 1 N–H and O–H groups in total. The van der Waals surface area contributed by atoms with Crippen LogP contribution in [0, 0.1) is 0 Å². The molecule has 0 radical (unpaired) electrons. The van der Waals surface area contributed by atoms with E-state index in [4.69, 9.17) is 18.9 Å². The van der Waals surface area contributed by atoms with Gasteiger partial charge in [0.1, 0.15) is 11.8 Å². The molecule has 0 bridgehead atoms. The van der Waals surface area contributed by atoms with Crippen LogP contribution in [0.1, 0.15) is 24.0 Å². The molecule has 2 unspecified atom stereocenters. The highest BCUT2D eigenvalue weighted by Gasteiger charge is 2.49. The van der Waals surface area contributed by atoms with Gasteiger partial charge in [0.25, 0.3) is 0 Å². The first kappa shape index (κ1) is 18.4. The minimum atomic E-state index is -0.288. The Bertz CT molecular complexity index is 710. The zero-order chi connectivity index (χ0) is 18.8. The predicted molar refractivity (Wildman–Crippen MR) is 98.0 cm³/mol. The summed E-state index contributed by atoms with van der Waals surface area (Å²) in [4.78, 5) is 13.8. The number of rotatable bonds is 8. The molecule has 0 amide bonds. The van der Waals surface area contributed by atoms with Gasteiger partial charge in [-0.3, -0.25) is 9.69 Å². The Morgan fingerprint density at radius 3 is 3.15 bits per heavy atom. The lowest BCUT2D eigenvalue weighted by atomic mass is 10.1. The minimum absolute atomic E-state index is 0.0353. The third-order valence-corrected chi connectivity index (χ3v) is 5.24. The average molecular weight is 374 g/mol. The summed E-state index contributed by atoms with van der Waals surface area (Å²) in [6.45, 7) is 6.62. The van der Waals surface area contributed by atoms with E-state index in [0.717, 1.165) is 25.3 Å². The van der Waals surface area contributed by atoms with Gasteiger partial charge in [-0.2, -0.15) is 0 Å². The summed E-state index contributed by atoms with van der Waals surface area (Å²) >= 11 is 0. The van der Waals surface area contributed by atoms with E-state index in [1.807, 2.05) is 18.2 Å². The topological polar surface area (TPSA) is 72.6 Å². The van der Waals surface area contributed by atoms with Gasteiger partial charge in [-0.1, -0.05) is 18.2 Å². The maximum atomic E-state index is 11.6. The Morgan fingerprint density at radius 1 is 1.44 bits per heavy atom. The summed E-state index contributed by atoms with van der Waals surface area (Å²) in [6, 6.07) is 5.90. The van der Waals surface area contributed by atoms with Crippen LogP contribution in [0.2, 0.25) is 0 Å². The fourth-order valence-electron chi connectivity index (χ4n) is 3.75. The van der Waals surface area contributed by atoms with Crippen LogP contribution in [-0.4, -0.2) is 55.8 Å². The molecular formula is C20H26N2O5. The van der Waals surface area contributed by atoms with Crippen LogP contribution in [0.5, 0.6) is 5.75 Å². The SMILES string of the molecule is C=CCCOc1cccc2c1CN(C1OC1O[C@H]1CN[C@H](C(=O)OC)C1)C2. The average Bonchev–Trinajstić information content (AvgIpc) is 3.07. The number of hydrogen-bond acceptors (Lipinski definition) is 7. The largest absolute Gasteiger partial charge is 0.493 e. The van der Waals surface area contributed by atoms with Crippen LogP contribution >= 0.6 is 0 Å². The Balaban J connectivity index is 1.29. The quantitative estimate of drug-likeness (QED) is 0.320. The number of esters is 1. The van der Waals surface area contributed by atoms with Crippen molar-refractivity contribution in [3.05, 3.63) is 42.0 Å². The normalized spacial score (nSPS) is 29.4. The number of ether oxygens (including phenoxy) is 4. The molecule has 2 fully saturated rings. The number of benzene rings is 1. The van der Waals surface area contributed by atoms with Gasteiger partial charge < -0.3 is 24.3 Å². The van der Waals surface area contributed by atoms with E-state index in [2.05, 4.69) is 22.9 Å². The monoisotopic (exact) mass is 374 g/mol. The summed E-state index contributed by atoms with van der Waals surface area (Å²) in [5.41, 5.74) is 2.50. The summed E-state index contributed by atoms with van der Waals surface area (Å²) in [6.07, 6.45) is 2.98. The van der Waals surface area contributed by atoms with Crippen molar-refractivity contribution in [3.8, 4) is 5.75 Å². The van der Waals surface area contributed by atoms with Crippen molar-refractivity contribution in [2.75, 3.05) is 20.3 Å². The van der Waals surface area contributed by atoms with Crippen LogP contribution < -0.4 is 10.1 Å². The van der Waals surface area contributed by atoms with Crippen LogP contribution in [0.25, 0.3) is 0 Å². The van der Waals surface area contributed by atoms with Crippen LogP contribution in [0.3, 0.4) is 0 Å². The third-order valence-electron chi connectivity index (χ3n) is 5.24. The first-order valence-electron chi connectivity index (χ1n) is 9.40. The van der Waals surface area contributed by atoms with Gasteiger partial charge in [-0.15, -0.1) is 6.58 Å². The van der Waals surface area contributed by atoms with Crippen molar-refractivity contribution in [3.63, 3.8) is 0 Å². The number of carbonyl (C=O) groups is 1. The molecule has 3 aliphatic rings. The van der Waals surface area contributed by atoms with Crippen LogP contribution in [0.4, 0.5) is 0 Å². The van der Waals surface area contributed by atoms with Gasteiger partial charge in [0.15, 0.2) is 12.5 Å². The first-order valence-corrected chi connectivity index (χ1v) is 9.40. The maximum Gasteiger partial charge on any atom is 0.322 e. The lowest BCUT2D eigenvalue weighted by molar-refractivity contribution is -0.143. The van der Waals surface area contributed by atoms with E-state index in [-0.39, 0.29) is 30.6 Å². The number of epoxide rings is 1. The lowest BCUT2D eigenvalue weighted by Crippen LogP contribution is -2.31. The number of nitrogens with one attached hydrogen (secondary N) is 1. The molecule has 0 saturated carbocycles. The number of nitrogens with zero attached hydrogens (tertiary/aromatic N) is 1. The smallest absolute Gasteiger partial charge is 0.322 e. The van der Waals surface area contributed by atoms with E-state index in [9.17, 15) is 4.79 Å². The van der Waals surface area contributed by atoms with Crippen molar-refractivity contribution in [1.29, 1.82) is 0 Å². The van der Waals surface area contributed by atoms with Crippen molar-refractivity contribution in [1.82, 2.24) is 10.2 Å². The molecule has 4 rings (SSSR count). The molecule has 0 aliphatic carbocycles. The van der Waals surface area contributed by atoms with Crippen molar-refractivity contribution in [2.24, 2.45) is 0 Å². The van der Waals surface area contributed by atoms with E-state index in [1.165, 1.54) is 18.2 Å². The predicted octanol–water partition coefficient (Wildman–Crippen LogP) is 1.56. The molecule has 7 heteroatoms. The zero-order valence-corrected chi connectivity index (χ0v) is 15.6.